The molecule has 0 amide bonds. The Labute approximate surface area is 120 Å². The van der Waals surface area contributed by atoms with E-state index in [1.807, 2.05) is 0 Å². The fourth-order valence-corrected chi connectivity index (χ4v) is 2.29. The number of hydrogen-bond acceptors (Lipinski definition) is 5. The lowest BCUT2D eigenvalue weighted by Crippen LogP contribution is -2.22. The van der Waals surface area contributed by atoms with Crippen molar-refractivity contribution in [3.63, 3.8) is 0 Å². The summed E-state index contributed by atoms with van der Waals surface area (Å²) in [5.74, 6) is -0.0795. The third kappa shape index (κ3) is 5.44. The monoisotopic (exact) mass is 300 g/mol. The van der Waals surface area contributed by atoms with Crippen molar-refractivity contribution in [3.8, 4) is 0 Å². The van der Waals surface area contributed by atoms with Crippen LogP contribution in [0.1, 0.15) is 23.2 Å². The molecule has 1 aromatic rings. The van der Waals surface area contributed by atoms with Gasteiger partial charge in [0.25, 0.3) is 0 Å². The number of nitrogens with zero attached hydrogens (tertiary/aromatic N) is 2. The largest absolute Gasteiger partial charge is 0.461 e. The van der Waals surface area contributed by atoms with Crippen molar-refractivity contribution < 1.29 is 19.4 Å². The summed E-state index contributed by atoms with van der Waals surface area (Å²) in [5, 5.41) is 9.25. The first-order valence-corrected chi connectivity index (χ1v) is 10.5. The number of aliphatic hydroxyl groups excluding tert-OH is 1. The van der Waals surface area contributed by atoms with Gasteiger partial charge < -0.3 is 19.1 Å². The summed E-state index contributed by atoms with van der Waals surface area (Å²) < 4.78 is 12.1. The van der Waals surface area contributed by atoms with Crippen LogP contribution in [-0.2, 0) is 22.8 Å². The van der Waals surface area contributed by atoms with Crippen LogP contribution in [0.2, 0.25) is 25.7 Å². The van der Waals surface area contributed by atoms with E-state index >= 15 is 0 Å². The van der Waals surface area contributed by atoms with Gasteiger partial charge in [0.05, 0.1) is 6.61 Å². The Hall–Kier alpha value is -1.18. The predicted molar refractivity (Wildman–Crippen MR) is 78.2 cm³/mol. The first-order valence-electron chi connectivity index (χ1n) is 6.79. The summed E-state index contributed by atoms with van der Waals surface area (Å²) in [4.78, 5) is 15.6. The molecule has 114 valence electrons. The van der Waals surface area contributed by atoms with E-state index in [-0.39, 0.29) is 19.0 Å². The number of carbonyl (C=O) groups excluding carboxylic acids is 1. The van der Waals surface area contributed by atoms with Crippen molar-refractivity contribution in [1.82, 2.24) is 9.55 Å². The van der Waals surface area contributed by atoms with Crippen LogP contribution in [0.15, 0.2) is 6.20 Å². The lowest BCUT2D eigenvalue weighted by Gasteiger charge is -2.15. The van der Waals surface area contributed by atoms with Crippen LogP contribution < -0.4 is 0 Å². The smallest absolute Gasteiger partial charge is 0.358 e. The highest BCUT2D eigenvalue weighted by Crippen LogP contribution is 2.09. The Morgan fingerprint density at radius 1 is 1.45 bits per heavy atom. The molecule has 6 nitrogen and oxygen atoms in total. The van der Waals surface area contributed by atoms with E-state index in [1.165, 1.54) is 0 Å². The summed E-state index contributed by atoms with van der Waals surface area (Å²) in [6, 6.07) is 1.07. The van der Waals surface area contributed by atoms with Crippen LogP contribution in [-0.4, -0.2) is 41.9 Å². The van der Waals surface area contributed by atoms with E-state index in [1.54, 1.807) is 17.7 Å². The van der Waals surface area contributed by atoms with Crippen molar-refractivity contribution in [2.45, 2.75) is 45.9 Å². The quantitative estimate of drug-likeness (QED) is 0.451. The summed E-state index contributed by atoms with van der Waals surface area (Å²) in [6.07, 6.45) is 1.55. The molecule has 0 aliphatic carbocycles. The van der Waals surface area contributed by atoms with Gasteiger partial charge in [-0.1, -0.05) is 19.6 Å². The van der Waals surface area contributed by atoms with E-state index in [2.05, 4.69) is 24.6 Å². The first kappa shape index (κ1) is 16.9. The van der Waals surface area contributed by atoms with Gasteiger partial charge >= 0.3 is 5.97 Å². The summed E-state index contributed by atoms with van der Waals surface area (Å²) in [5.41, 5.74) is 0.199. The molecule has 0 atom stereocenters. The molecular weight excluding hydrogens is 276 g/mol. The number of hydrogen-bond donors (Lipinski definition) is 1. The Morgan fingerprint density at radius 2 is 2.15 bits per heavy atom. The third-order valence-corrected chi connectivity index (χ3v) is 4.42. The van der Waals surface area contributed by atoms with E-state index < -0.39 is 14.0 Å². The second kappa shape index (κ2) is 7.56. The van der Waals surface area contributed by atoms with E-state index in [9.17, 15) is 9.90 Å². The standard InChI is InChI=1S/C13H24N2O4Si/c1-5-19-13(17)11-8-15(12(9-16)14-11)10-18-6-7-20(2,3)4/h8,16H,5-7,9-10H2,1-4H3. The SMILES string of the molecule is CCOC(=O)c1cn(COCC[Si](C)(C)C)c(CO)n1. The van der Waals surface area contributed by atoms with Crippen LogP contribution in [0.3, 0.4) is 0 Å². The van der Waals surface area contributed by atoms with Crippen LogP contribution in [0.25, 0.3) is 0 Å². The predicted octanol–water partition coefficient (Wildman–Crippen LogP) is 1.86. The molecule has 1 N–H and O–H groups in total. The van der Waals surface area contributed by atoms with Crippen LogP contribution in [0.4, 0.5) is 0 Å². The van der Waals surface area contributed by atoms with Gasteiger partial charge in [-0.25, -0.2) is 9.78 Å². The zero-order valence-corrected chi connectivity index (χ0v) is 13.7. The highest BCUT2D eigenvalue weighted by molar-refractivity contribution is 6.76. The van der Waals surface area contributed by atoms with Gasteiger partial charge in [-0.05, 0) is 13.0 Å². The molecule has 20 heavy (non-hydrogen) atoms. The van der Waals surface area contributed by atoms with Crippen molar-refractivity contribution in [2.24, 2.45) is 0 Å². The van der Waals surface area contributed by atoms with Gasteiger partial charge in [0.1, 0.15) is 19.2 Å². The highest BCUT2D eigenvalue weighted by atomic mass is 28.3. The van der Waals surface area contributed by atoms with Gasteiger partial charge in [0.2, 0.25) is 0 Å². The molecule has 0 fully saturated rings. The minimum absolute atomic E-state index is 0.199. The lowest BCUT2D eigenvalue weighted by atomic mass is 10.5. The van der Waals surface area contributed by atoms with Crippen LogP contribution in [0.5, 0.6) is 0 Å². The van der Waals surface area contributed by atoms with Gasteiger partial charge in [-0.15, -0.1) is 0 Å². The maximum atomic E-state index is 11.6. The Bertz CT molecular complexity index is 440. The fourth-order valence-electron chi connectivity index (χ4n) is 1.54. The summed E-state index contributed by atoms with van der Waals surface area (Å²) in [7, 11) is -1.11. The summed E-state index contributed by atoms with van der Waals surface area (Å²) in [6.45, 7) is 9.61. The zero-order chi connectivity index (χ0) is 15.2. The number of aliphatic hydroxyl groups is 1. The topological polar surface area (TPSA) is 73.6 Å². The number of aromatic nitrogens is 2. The van der Waals surface area contributed by atoms with Crippen LogP contribution in [0, 0.1) is 0 Å². The molecule has 1 rings (SSSR count). The van der Waals surface area contributed by atoms with Crippen LogP contribution >= 0.6 is 0 Å². The van der Waals surface area contributed by atoms with E-state index in [0.717, 1.165) is 6.04 Å². The molecule has 0 saturated heterocycles. The molecule has 1 aromatic heterocycles. The molecule has 0 bridgehead atoms. The average molecular weight is 300 g/mol. The second-order valence-corrected chi connectivity index (χ2v) is 11.4. The molecular formula is C13H24N2O4Si. The first-order chi connectivity index (χ1) is 9.37. The number of esters is 1. The van der Waals surface area contributed by atoms with Crippen molar-refractivity contribution in [3.05, 3.63) is 17.7 Å². The molecule has 0 unspecified atom stereocenters. The minimum atomic E-state index is -1.11. The highest BCUT2D eigenvalue weighted by Gasteiger charge is 2.15. The van der Waals surface area contributed by atoms with Gasteiger partial charge in [0, 0.05) is 20.9 Å². The molecule has 0 radical (unpaired) electrons. The molecule has 1 heterocycles. The maximum absolute atomic E-state index is 11.6. The molecule has 7 heteroatoms. The van der Waals surface area contributed by atoms with Gasteiger partial charge in [-0.2, -0.15) is 0 Å². The second-order valence-electron chi connectivity index (χ2n) is 5.74. The maximum Gasteiger partial charge on any atom is 0.358 e. The Kier molecular flexibility index (Phi) is 6.38. The van der Waals surface area contributed by atoms with Gasteiger partial charge in [-0.3, -0.25) is 0 Å². The molecule has 0 aliphatic rings. The summed E-state index contributed by atoms with van der Waals surface area (Å²) >= 11 is 0. The zero-order valence-electron chi connectivity index (χ0n) is 12.7. The van der Waals surface area contributed by atoms with Crippen molar-refractivity contribution in [2.75, 3.05) is 13.2 Å². The molecule has 0 spiro atoms. The molecule has 0 aliphatic heterocycles. The molecule has 0 saturated carbocycles. The Morgan fingerprint density at radius 3 is 2.70 bits per heavy atom. The minimum Gasteiger partial charge on any atom is -0.461 e. The lowest BCUT2D eigenvalue weighted by molar-refractivity contribution is 0.0519. The Balaban J connectivity index is 2.58. The van der Waals surface area contributed by atoms with Crippen molar-refractivity contribution in [1.29, 1.82) is 0 Å². The van der Waals surface area contributed by atoms with Crippen molar-refractivity contribution >= 4 is 14.0 Å². The normalized spacial score (nSPS) is 11.7. The molecule has 0 aromatic carbocycles. The van der Waals surface area contributed by atoms with Gasteiger partial charge in [0.15, 0.2) is 5.69 Å². The number of ether oxygens (including phenoxy) is 2. The van der Waals surface area contributed by atoms with E-state index in [0.29, 0.717) is 19.0 Å². The third-order valence-electron chi connectivity index (χ3n) is 2.71. The number of rotatable bonds is 8. The number of carbonyl (C=O) groups is 1. The average Bonchev–Trinajstić information content (AvgIpc) is 2.77. The number of imidazole rings is 1. The van der Waals surface area contributed by atoms with E-state index in [4.69, 9.17) is 9.47 Å². The fraction of sp³-hybridized carbons (Fsp3) is 0.692.